The van der Waals surface area contributed by atoms with E-state index in [1.165, 1.54) is 4.90 Å². The number of imide groups is 1. The summed E-state index contributed by atoms with van der Waals surface area (Å²) in [5.74, 6) is 1.39. The van der Waals surface area contributed by atoms with Crippen molar-refractivity contribution >= 4 is 36.1 Å². The Morgan fingerprint density at radius 1 is 0.971 bits per heavy atom. The number of halogens is 1. The predicted octanol–water partition coefficient (Wildman–Crippen LogP) is 3.62. The number of nitrogens with zero attached hydrogens (tertiary/aromatic N) is 3. The summed E-state index contributed by atoms with van der Waals surface area (Å²) in [6.45, 7) is 7.60. The summed E-state index contributed by atoms with van der Waals surface area (Å²) in [4.78, 5) is 31.1. The normalized spacial score (nSPS) is 17.4. The van der Waals surface area contributed by atoms with Crippen molar-refractivity contribution in [3.8, 4) is 11.5 Å². The first kappa shape index (κ1) is 26.4. The minimum Gasteiger partial charge on any atom is -0.497 e. The number of carbonyl (C=O) groups is 2. The van der Waals surface area contributed by atoms with Crippen LogP contribution in [0.4, 0.5) is 10.5 Å². The maximum Gasteiger partial charge on any atom is 0.329 e. The van der Waals surface area contributed by atoms with Gasteiger partial charge in [0.15, 0.2) is 0 Å². The number of benzene rings is 2. The van der Waals surface area contributed by atoms with Crippen molar-refractivity contribution in [2.75, 3.05) is 57.9 Å². The molecule has 2 aliphatic rings. The Balaban J connectivity index is 0.00000342. The van der Waals surface area contributed by atoms with E-state index in [4.69, 9.17) is 9.47 Å². The van der Waals surface area contributed by atoms with E-state index < -0.39 is 0 Å². The van der Waals surface area contributed by atoms with Crippen LogP contribution >= 0.6 is 12.4 Å². The van der Waals surface area contributed by atoms with E-state index in [9.17, 15) is 9.59 Å². The van der Waals surface area contributed by atoms with Crippen LogP contribution in [-0.2, 0) is 4.79 Å². The molecule has 2 fully saturated rings. The lowest BCUT2D eigenvalue weighted by atomic mass is 10.2. The molecule has 0 saturated carbocycles. The lowest BCUT2D eigenvalue weighted by Gasteiger charge is -2.36. The Morgan fingerprint density at radius 3 is 2.37 bits per heavy atom. The van der Waals surface area contributed by atoms with Gasteiger partial charge in [-0.15, -0.1) is 12.4 Å². The van der Waals surface area contributed by atoms with E-state index in [2.05, 4.69) is 21.2 Å². The molecule has 2 aromatic carbocycles. The average Bonchev–Trinajstić information content (AvgIpc) is 3.13. The Labute approximate surface area is 212 Å². The standard InChI is InChI=1S/C26H32N4O4.ClH/c1-3-34-24-8-5-4-7-23(24)29-17-15-28(16-18-29)13-6-14-30-25(31)22(27-26(30)32)19-20-9-11-21(33-2)12-10-20;/h4-5,7-12,19H,3,6,13-18H2,1-2H3,(H,27,32);1H/b22-19-;. The second kappa shape index (κ2) is 12.5. The van der Waals surface area contributed by atoms with Crippen LogP contribution < -0.4 is 19.7 Å². The number of hydrogen-bond acceptors (Lipinski definition) is 6. The first-order valence-electron chi connectivity index (χ1n) is 11.8. The zero-order valence-corrected chi connectivity index (χ0v) is 21.1. The highest BCUT2D eigenvalue weighted by Gasteiger charge is 2.33. The SMILES string of the molecule is CCOc1ccccc1N1CCN(CCCN2C(=O)N/C(=C\c3ccc(OC)cc3)C2=O)CC1.Cl. The van der Waals surface area contributed by atoms with Gasteiger partial charge in [0.1, 0.15) is 17.2 Å². The van der Waals surface area contributed by atoms with Crippen molar-refractivity contribution in [2.45, 2.75) is 13.3 Å². The van der Waals surface area contributed by atoms with Gasteiger partial charge >= 0.3 is 6.03 Å². The van der Waals surface area contributed by atoms with E-state index in [0.29, 0.717) is 18.8 Å². The maximum absolute atomic E-state index is 12.7. The second-order valence-corrected chi connectivity index (χ2v) is 8.30. The van der Waals surface area contributed by atoms with Crippen LogP contribution in [-0.4, -0.2) is 74.7 Å². The molecule has 2 saturated heterocycles. The predicted molar refractivity (Wildman–Crippen MR) is 139 cm³/mol. The third kappa shape index (κ3) is 6.46. The van der Waals surface area contributed by atoms with Crippen molar-refractivity contribution in [3.63, 3.8) is 0 Å². The first-order chi connectivity index (χ1) is 16.6. The van der Waals surface area contributed by atoms with E-state index in [1.807, 2.05) is 49.4 Å². The molecule has 0 spiro atoms. The van der Waals surface area contributed by atoms with Crippen LogP contribution in [0.3, 0.4) is 0 Å². The van der Waals surface area contributed by atoms with Crippen LogP contribution in [0, 0.1) is 0 Å². The van der Waals surface area contributed by atoms with Gasteiger partial charge in [-0.05, 0) is 55.8 Å². The molecule has 2 aliphatic heterocycles. The van der Waals surface area contributed by atoms with Crippen molar-refractivity contribution < 1.29 is 19.1 Å². The second-order valence-electron chi connectivity index (χ2n) is 8.30. The minimum atomic E-state index is -0.359. The van der Waals surface area contributed by atoms with Gasteiger partial charge in [-0.2, -0.15) is 0 Å². The molecule has 0 radical (unpaired) electrons. The number of piperazine rings is 1. The number of para-hydroxylation sites is 2. The number of hydrogen-bond donors (Lipinski definition) is 1. The fourth-order valence-corrected chi connectivity index (χ4v) is 4.30. The largest absolute Gasteiger partial charge is 0.497 e. The Hall–Kier alpha value is -3.23. The highest BCUT2D eigenvalue weighted by Crippen LogP contribution is 2.28. The molecule has 35 heavy (non-hydrogen) atoms. The van der Waals surface area contributed by atoms with Gasteiger partial charge in [0.2, 0.25) is 0 Å². The monoisotopic (exact) mass is 500 g/mol. The third-order valence-corrected chi connectivity index (χ3v) is 6.12. The fourth-order valence-electron chi connectivity index (χ4n) is 4.30. The Bertz CT molecular complexity index is 1040. The molecule has 0 bridgehead atoms. The maximum atomic E-state index is 12.7. The average molecular weight is 501 g/mol. The van der Waals surface area contributed by atoms with Crippen LogP contribution in [0.25, 0.3) is 6.08 Å². The van der Waals surface area contributed by atoms with Gasteiger partial charge in [0.25, 0.3) is 5.91 Å². The summed E-state index contributed by atoms with van der Waals surface area (Å²) in [5, 5.41) is 2.69. The van der Waals surface area contributed by atoms with Gasteiger partial charge in [-0.1, -0.05) is 24.3 Å². The summed E-state index contributed by atoms with van der Waals surface area (Å²) in [7, 11) is 1.60. The number of methoxy groups -OCH3 is 1. The van der Waals surface area contributed by atoms with Crippen molar-refractivity contribution in [1.29, 1.82) is 0 Å². The summed E-state index contributed by atoms with van der Waals surface area (Å²) in [6, 6.07) is 15.1. The Morgan fingerprint density at radius 2 is 1.69 bits per heavy atom. The fraction of sp³-hybridized carbons (Fsp3) is 0.385. The summed E-state index contributed by atoms with van der Waals surface area (Å²) >= 11 is 0. The lowest BCUT2D eigenvalue weighted by molar-refractivity contribution is -0.122. The highest BCUT2D eigenvalue weighted by atomic mass is 35.5. The molecule has 188 valence electrons. The van der Waals surface area contributed by atoms with Crippen LogP contribution in [0.1, 0.15) is 18.9 Å². The zero-order valence-electron chi connectivity index (χ0n) is 20.2. The molecule has 4 rings (SSSR count). The Kier molecular flexibility index (Phi) is 9.39. The van der Waals surface area contributed by atoms with Crippen molar-refractivity contribution in [1.82, 2.24) is 15.1 Å². The quantitative estimate of drug-likeness (QED) is 0.419. The zero-order chi connectivity index (χ0) is 23.9. The van der Waals surface area contributed by atoms with Gasteiger partial charge in [-0.25, -0.2) is 4.79 Å². The van der Waals surface area contributed by atoms with E-state index in [0.717, 1.165) is 61.9 Å². The molecular weight excluding hydrogens is 468 g/mol. The smallest absolute Gasteiger partial charge is 0.329 e. The minimum absolute atomic E-state index is 0. The summed E-state index contributed by atoms with van der Waals surface area (Å²) < 4.78 is 10.9. The molecule has 8 nitrogen and oxygen atoms in total. The summed E-state index contributed by atoms with van der Waals surface area (Å²) in [5.41, 5.74) is 2.27. The molecule has 0 aromatic heterocycles. The molecule has 3 amide bonds. The van der Waals surface area contributed by atoms with Crippen LogP contribution in [0.5, 0.6) is 11.5 Å². The van der Waals surface area contributed by atoms with Crippen molar-refractivity contribution in [3.05, 3.63) is 59.8 Å². The first-order valence-corrected chi connectivity index (χ1v) is 11.8. The molecule has 0 aliphatic carbocycles. The number of ether oxygens (including phenoxy) is 2. The molecule has 0 unspecified atom stereocenters. The number of rotatable bonds is 9. The van der Waals surface area contributed by atoms with E-state index in [1.54, 1.807) is 13.2 Å². The van der Waals surface area contributed by atoms with E-state index in [-0.39, 0.29) is 24.3 Å². The molecule has 0 atom stereocenters. The van der Waals surface area contributed by atoms with Gasteiger partial charge in [0, 0.05) is 32.7 Å². The number of urea groups is 1. The highest BCUT2D eigenvalue weighted by molar-refractivity contribution is 6.13. The third-order valence-electron chi connectivity index (χ3n) is 6.12. The van der Waals surface area contributed by atoms with Crippen molar-refractivity contribution in [2.24, 2.45) is 0 Å². The van der Waals surface area contributed by atoms with Crippen LogP contribution in [0.2, 0.25) is 0 Å². The van der Waals surface area contributed by atoms with Gasteiger partial charge < -0.3 is 19.7 Å². The number of nitrogens with one attached hydrogen (secondary N) is 1. The molecule has 9 heteroatoms. The number of anilines is 1. The van der Waals surface area contributed by atoms with Crippen LogP contribution in [0.15, 0.2) is 54.2 Å². The summed E-state index contributed by atoms with van der Waals surface area (Å²) in [6.07, 6.45) is 2.43. The molecular formula is C26H33ClN4O4. The number of amides is 3. The van der Waals surface area contributed by atoms with E-state index >= 15 is 0 Å². The molecule has 2 heterocycles. The lowest BCUT2D eigenvalue weighted by Crippen LogP contribution is -2.47. The molecule has 2 aromatic rings. The number of carbonyl (C=O) groups excluding carboxylic acids is 2. The van der Waals surface area contributed by atoms with Gasteiger partial charge in [-0.3, -0.25) is 14.6 Å². The molecule has 1 N–H and O–H groups in total. The topological polar surface area (TPSA) is 74.3 Å². The van der Waals surface area contributed by atoms with Gasteiger partial charge in [0.05, 0.1) is 19.4 Å².